The van der Waals surface area contributed by atoms with Crippen LogP contribution < -0.4 is 5.32 Å². The molecule has 0 radical (unpaired) electrons. The molecular weight excluding hydrogens is 209 g/mol. The van der Waals surface area contributed by atoms with Gasteiger partial charge in [0.15, 0.2) is 0 Å². The van der Waals surface area contributed by atoms with Crippen molar-refractivity contribution in [3.8, 4) is 5.69 Å². The lowest BCUT2D eigenvalue weighted by molar-refractivity contribution is 0.276. The number of benzene rings is 1. The molecule has 16 heavy (non-hydrogen) atoms. The summed E-state index contributed by atoms with van der Waals surface area (Å²) in [5, 5.41) is 15.7. The number of anilines is 1. The maximum Gasteiger partial charge on any atom is 0.148 e. The van der Waals surface area contributed by atoms with E-state index in [9.17, 15) is 4.39 Å². The summed E-state index contributed by atoms with van der Waals surface area (Å²) in [6.07, 6.45) is 1.68. The molecule has 0 aliphatic rings. The van der Waals surface area contributed by atoms with Gasteiger partial charge in [-0.1, -0.05) is 0 Å². The molecule has 5 heteroatoms. The quantitative estimate of drug-likeness (QED) is 0.826. The van der Waals surface area contributed by atoms with Crippen LogP contribution in [-0.2, 0) is 6.61 Å². The van der Waals surface area contributed by atoms with Crippen molar-refractivity contribution in [2.45, 2.75) is 6.61 Å². The lowest BCUT2D eigenvalue weighted by Gasteiger charge is -2.05. The van der Waals surface area contributed by atoms with Crippen LogP contribution in [0.25, 0.3) is 5.69 Å². The minimum atomic E-state index is -0.332. The van der Waals surface area contributed by atoms with E-state index in [1.807, 2.05) is 0 Å². The highest BCUT2D eigenvalue weighted by Gasteiger charge is 2.04. The van der Waals surface area contributed by atoms with Gasteiger partial charge in [-0.2, -0.15) is 5.10 Å². The van der Waals surface area contributed by atoms with Crippen molar-refractivity contribution >= 4 is 5.69 Å². The molecule has 1 aromatic heterocycles. The largest absolute Gasteiger partial charge is 0.390 e. The second kappa shape index (κ2) is 4.32. The molecule has 0 atom stereocenters. The number of aliphatic hydroxyl groups excluding tert-OH is 1. The molecule has 0 fully saturated rings. The molecule has 0 amide bonds. The highest BCUT2D eigenvalue weighted by molar-refractivity contribution is 5.49. The topological polar surface area (TPSA) is 50.1 Å². The summed E-state index contributed by atoms with van der Waals surface area (Å²) in [6, 6.07) is 6.47. The standard InChI is InChI=1S/C11H12FN3O/c1-13-11-3-2-9(6-10(11)12)15-5-4-8(7-16)14-15/h2-6,13,16H,7H2,1H3. The van der Waals surface area contributed by atoms with Gasteiger partial charge in [0, 0.05) is 19.3 Å². The SMILES string of the molecule is CNc1ccc(-n2ccc(CO)n2)cc1F. The lowest BCUT2D eigenvalue weighted by Crippen LogP contribution is -1.99. The summed E-state index contributed by atoms with van der Waals surface area (Å²) in [4.78, 5) is 0. The molecule has 0 saturated heterocycles. The Bertz CT molecular complexity index is 496. The number of nitrogens with zero attached hydrogens (tertiary/aromatic N) is 2. The Kier molecular flexibility index (Phi) is 2.87. The monoisotopic (exact) mass is 221 g/mol. The molecule has 0 aliphatic carbocycles. The normalized spacial score (nSPS) is 10.4. The van der Waals surface area contributed by atoms with Gasteiger partial charge in [-0.05, 0) is 18.2 Å². The Morgan fingerprint density at radius 1 is 1.44 bits per heavy atom. The molecule has 4 nitrogen and oxygen atoms in total. The molecule has 1 aromatic carbocycles. The van der Waals surface area contributed by atoms with Crippen molar-refractivity contribution in [2.24, 2.45) is 0 Å². The van der Waals surface area contributed by atoms with Crippen LogP contribution in [0.1, 0.15) is 5.69 Å². The second-order valence-corrected chi connectivity index (χ2v) is 3.32. The molecule has 0 spiro atoms. The number of halogens is 1. The van der Waals surface area contributed by atoms with Gasteiger partial charge in [-0.3, -0.25) is 0 Å². The van der Waals surface area contributed by atoms with Crippen LogP contribution >= 0.6 is 0 Å². The van der Waals surface area contributed by atoms with Crippen molar-refractivity contribution in [1.82, 2.24) is 9.78 Å². The fraction of sp³-hybridized carbons (Fsp3) is 0.182. The summed E-state index contributed by atoms with van der Waals surface area (Å²) in [7, 11) is 1.66. The summed E-state index contributed by atoms with van der Waals surface area (Å²) in [6.45, 7) is -0.121. The number of hydrogen-bond donors (Lipinski definition) is 2. The minimum Gasteiger partial charge on any atom is -0.390 e. The number of aliphatic hydroxyl groups is 1. The van der Waals surface area contributed by atoms with E-state index in [0.717, 1.165) is 0 Å². The third-order valence-corrected chi connectivity index (χ3v) is 2.29. The van der Waals surface area contributed by atoms with Crippen molar-refractivity contribution in [2.75, 3.05) is 12.4 Å². The minimum absolute atomic E-state index is 0.121. The van der Waals surface area contributed by atoms with E-state index in [2.05, 4.69) is 10.4 Å². The Morgan fingerprint density at radius 2 is 2.25 bits per heavy atom. The summed E-state index contributed by atoms with van der Waals surface area (Å²) >= 11 is 0. The van der Waals surface area contributed by atoms with Gasteiger partial charge in [-0.25, -0.2) is 9.07 Å². The molecule has 2 N–H and O–H groups in total. The average Bonchev–Trinajstić information content (AvgIpc) is 2.77. The summed E-state index contributed by atoms with van der Waals surface area (Å²) < 4.78 is 15.0. The van der Waals surface area contributed by atoms with Gasteiger partial charge in [0.2, 0.25) is 0 Å². The van der Waals surface area contributed by atoms with Crippen molar-refractivity contribution in [3.05, 3.63) is 42.0 Å². The van der Waals surface area contributed by atoms with E-state index < -0.39 is 0 Å². The highest BCUT2D eigenvalue weighted by atomic mass is 19.1. The molecule has 0 unspecified atom stereocenters. The zero-order chi connectivity index (χ0) is 11.5. The van der Waals surface area contributed by atoms with Gasteiger partial charge in [0.1, 0.15) is 5.82 Å². The van der Waals surface area contributed by atoms with Crippen molar-refractivity contribution in [1.29, 1.82) is 0 Å². The van der Waals surface area contributed by atoms with Crippen molar-refractivity contribution < 1.29 is 9.50 Å². The predicted molar refractivity (Wildman–Crippen MR) is 59.0 cm³/mol. The van der Waals surface area contributed by atoms with Crippen molar-refractivity contribution in [3.63, 3.8) is 0 Å². The number of aromatic nitrogens is 2. The first-order chi connectivity index (χ1) is 7.74. The Morgan fingerprint density at radius 3 is 2.81 bits per heavy atom. The molecule has 1 heterocycles. The van der Waals surface area contributed by atoms with E-state index in [-0.39, 0.29) is 12.4 Å². The Labute approximate surface area is 92.3 Å². The first-order valence-electron chi connectivity index (χ1n) is 4.87. The molecule has 0 aliphatic heterocycles. The third kappa shape index (κ3) is 1.90. The summed E-state index contributed by atoms with van der Waals surface area (Å²) in [5.74, 6) is -0.332. The first kappa shape index (κ1) is 10.6. The smallest absolute Gasteiger partial charge is 0.148 e. The molecule has 0 bridgehead atoms. The third-order valence-electron chi connectivity index (χ3n) is 2.29. The summed E-state index contributed by atoms with van der Waals surface area (Å²) in [5.41, 5.74) is 1.62. The van der Waals surface area contributed by atoms with Crippen LogP contribution in [0.2, 0.25) is 0 Å². The van der Waals surface area contributed by atoms with E-state index in [1.165, 1.54) is 10.7 Å². The van der Waals surface area contributed by atoms with E-state index in [0.29, 0.717) is 17.1 Å². The van der Waals surface area contributed by atoms with Crippen LogP contribution in [0.15, 0.2) is 30.5 Å². The van der Waals surface area contributed by atoms with Crippen LogP contribution in [-0.4, -0.2) is 21.9 Å². The average molecular weight is 221 g/mol. The number of nitrogens with one attached hydrogen (secondary N) is 1. The lowest BCUT2D eigenvalue weighted by atomic mass is 10.2. The number of hydrogen-bond acceptors (Lipinski definition) is 3. The fourth-order valence-electron chi connectivity index (χ4n) is 1.44. The van der Waals surface area contributed by atoms with Gasteiger partial charge < -0.3 is 10.4 Å². The predicted octanol–water partition coefficient (Wildman–Crippen LogP) is 1.55. The molecule has 84 valence electrons. The highest BCUT2D eigenvalue weighted by Crippen LogP contribution is 2.17. The van der Waals surface area contributed by atoms with E-state index >= 15 is 0 Å². The Balaban J connectivity index is 2.37. The molecular formula is C11H12FN3O. The van der Waals surface area contributed by atoms with E-state index in [4.69, 9.17) is 5.11 Å². The molecule has 0 saturated carbocycles. The zero-order valence-electron chi connectivity index (χ0n) is 8.81. The maximum atomic E-state index is 13.5. The molecule has 2 rings (SSSR count). The van der Waals surface area contributed by atoms with E-state index in [1.54, 1.807) is 31.4 Å². The van der Waals surface area contributed by atoms with Gasteiger partial charge in [0.25, 0.3) is 0 Å². The zero-order valence-corrected chi connectivity index (χ0v) is 8.81. The molecule has 2 aromatic rings. The van der Waals surface area contributed by atoms with Crippen LogP contribution in [0.4, 0.5) is 10.1 Å². The Hall–Kier alpha value is -1.88. The van der Waals surface area contributed by atoms with Gasteiger partial charge in [-0.15, -0.1) is 0 Å². The number of rotatable bonds is 3. The van der Waals surface area contributed by atoms with Gasteiger partial charge >= 0.3 is 0 Å². The van der Waals surface area contributed by atoms with Crippen LogP contribution in [0, 0.1) is 5.82 Å². The van der Waals surface area contributed by atoms with Crippen LogP contribution in [0.5, 0.6) is 0 Å². The fourth-order valence-corrected chi connectivity index (χ4v) is 1.44. The second-order valence-electron chi connectivity index (χ2n) is 3.32. The maximum absolute atomic E-state index is 13.5. The van der Waals surface area contributed by atoms with Crippen LogP contribution in [0.3, 0.4) is 0 Å². The first-order valence-corrected chi connectivity index (χ1v) is 4.87. The van der Waals surface area contributed by atoms with Gasteiger partial charge in [0.05, 0.1) is 23.7 Å².